The molecule has 8 heteroatoms. The van der Waals surface area contributed by atoms with Crippen LogP contribution in [0, 0.1) is 10.1 Å². The van der Waals surface area contributed by atoms with Gasteiger partial charge in [-0.25, -0.2) is 8.78 Å². The maximum absolute atomic E-state index is 11.7. The first-order valence-electron chi connectivity index (χ1n) is 5.14. The van der Waals surface area contributed by atoms with Gasteiger partial charge in [0.2, 0.25) is 0 Å². The number of ether oxygens (including phenoxy) is 1. The molecule has 0 aliphatic carbocycles. The number of halogens is 2. The number of nitrogens with one attached hydrogen (secondary N) is 1. The molecule has 3 N–H and O–H groups in total. The van der Waals surface area contributed by atoms with Crippen molar-refractivity contribution in [2.24, 2.45) is 0 Å². The molecule has 18 heavy (non-hydrogen) atoms. The zero-order valence-electron chi connectivity index (χ0n) is 9.44. The second-order valence-corrected chi connectivity index (χ2v) is 3.42. The van der Waals surface area contributed by atoms with Crippen LogP contribution < -0.4 is 11.1 Å². The van der Waals surface area contributed by atoms with Crippen molar-refractivity contribution in [1.29, 1.82) is 0 Å². The molecule has 0 heterocycles. The lowest BCUT2D eigenvalue weighted by atomic mass is 10.2. The summed E-state index contributed by atoms with van der Waals surface area (Å²) >= 11 is 0. The molecule has 0 saturated carbocycles. The average Bonchev–Trinajstić information content (AvgIpc) is 2.29. The molecule has 1 rings (SSSR count). The minimum absolute atomic E-state index is 0.0980. The van der Waals surface area contributed by atoms with Crippen molar-refractivity contribution in [3.8, 4) is 0 Å². The summed E-state index contributed by atoms with van der Waals surface area (Å²) < 4.78 is 28.1. The van der Waals surface area contributed by atoms with Crippen LogP contribution in [0.25, 0.3) is 0 Å². The summed E-state index contributed by atoms with van der Waals surface area (Å²) in [5, 5.41) is 13.3. The van der Waals surface area contributed by atoms with E-state index in [9.17, 15) is 18.9 Å². The van der Waals surface area contributed by atoms with Crippen LogP contribution in [-0.2, 0) is 4.74 Å². The van der Waals surface area contributed by atoms with Gasteiger partial charge in [0.25, 0.3) is 12.1 Å². The Hall–Kier alpha value is -1.96. The number of anilines is 2. The zero-order chi connectivity index (χ0) is 13.5. The van der Waals surface area contributed by atoms with Crippen molar-refractivity contribution in [1.82, 2.24) is 0 Å². The second kappa shape index (κ2) is 6.70. The van der Waals surface area contributed by atoms with Gasteiger partial charge in [0.05, 0.1) is 22.9 Å². The van der Waals surface area contributed by atoms with Crippen LogP contribution in [0.4, 0.5) is 25.8 Å². The molecule has 0 unspecified atom stereocenters. The molecule has 0 saturated heterocycles. The fraction of sp³-hybridized carbons (Fsp3) is 0.400. The minimum Gasteiger partial charge on any atom is -0.397 e. The minimum atomic E-state index is -2.49. The van der Waals surface area contributed by atoms with E-state index in [1.807, 2.05) is 0 Å². The monoisotopic (exact) mass is 261 g/mol. The lowest BCUT2D eigenvalue weighted by molar-refractivity contribution is -0.384. The molecule has 0 amide bonds. The lowest BCUT2D eigenvalue weighted by Gasteiger charge is -2.09. The lowest BCUT2D eigenvalue weighted by Crippen LogP contribution is -2.13. The topological polar surface area (TPSA) is 90.4 Å². The van der Waals surface area contributed by atoms with Crippen molar-refractivity contribution in [2.75, 3.05) is 30.8 Å². The Morgan fingerprint density at radius 2 is 2.22 bits per heavy atom. The number of hydrogen-bond acceptors (Lipinski definition) is 5. The molecule has 0 aliphatic rings. The number of benzene rings is 1. The maximum Gasteiger partial charge on any atom is 0.271 e. The third-order valence-electron chi connectivity index (χ3n) is 2.05. The Morgan fingerprint density at radius 3 is 2.78 bits per heavy atom. The third kappa shape index (κ3) is 4.50. The summed E-state index contributed by atoms with van der Waals surface area (Å²) in [6.45, 7) is -0.229. The van der Waals surface area contributed by atoms with Crippen molar-refractivity contribution >= 4 is 17.1 Å². The summed E-state index contributed by atoms with van der Waals surface area (Å²) in [6.07, 6.45) is -2.49. The van der Waals surface area contributed by atoms with Crippen LogP contribution in [0.5, 0.6) is 0 Å². The summed E-state index contributed by atoms with van der Waals surface area (Å²) in [5.41, 5.74) is 6.21. The van der Waals surface area contributed by atoms with Crippen molar-refractivity contribution in [3.63, 3.8) is 0 Å². The molecule has 0 radical (unpaired) electrons. The highest BCUT2D eigenvalue weighted by atomic mass is 19.3. The first-order chi connectivity index (χ1) is 8.50. The van der Waals surface area contributed by atoms with Gasteiger partial charge in [0.1, 0.15) is 6.61 Å². The van der Waals surface area contributed by atoms with E-state index in [0.29, 0.717) is 5.69 Å². The Labute approximate surface area is 102 Å². The van der Waals surface area contributed by atoms with Gasteiger partial charge in [0.15, 0.2) is 0 Å². The molecule has 1 aromatic carbocycles. The highest BCUT2D eigenvalue weighted by Crippen LogP contribution is 2.23. The molecular weight excluding hydrogens is 248 g/mol. The van der Waals surface area contributed by atoms with E-state index in [-0.39, 0.29) is 24.5 Å². The summed E-state index contributed by atoms with van der Waals surface area (Å²) in [5.74, 6) is 0. The first-order valence-corrected chi connectivity index (χ1v) is 5.14. The van der Waals surface area contributed by atoms with Gasteiger partial charge in [0, 0.05) is 18.7 Å². The molecule has 0 atom stereocenters. The smallest absolute Gasteiger partial charge is 0.271 e. The standard InChI is InChI=1S/C10H13F2N3O3/c11-10(12)6-18-4-3-14-9-2-1-7(15(16)17)5-8(9)13/h1-2,5,10,14H,3-4,6,13H2. The van der Waals surface area contributed by atoms with Gasteiger partial charge in [-0.3, -0.25) is 10.1 Å². The number of nitrogen functional groups attached to an aromatic ring is 1. The Bertz CT molecular complexity index is 415. The fourth-order valence-electron chi connectivity index (χ4n) is 1.25. The molecule has 0 bridgehead atoms. The molecule has 0 fully saturated rings. The largest absolute Gasteiger partial charge is 0.397 e. The number of nitrogens with zero attached hydrogens (tertiary/aromatic N) is 1. The fourth-order valence-corrected chi connectivity index (χ4v) is 1.25. The van der Waals surface area contributed by atoms with Crippen molar-refractivity contribution < 1.29 is 18.4 Å². The Kier molecular flexibility index (Phi) is 5.25. The van der Waals surface area contributed by atoms with E-state index in [2.05, 4.69) is 10.1 Å². The number of nitro groups is 1. The molecule has 0 aliphatic heterocycles. The van der Waals surface area contributed by atoms with Gasteiger partial charge < -0.3 is 15.8 Å². The second-order valence-electron chi connectivity index (χ2n) is 3.42. The number of non-ortho nitro benzene ring substituents is 1. The van der Waals surface area contributed by atoms with Gasteiger partial charge in [-0.2, -0.15) is 0 Å². The van der Waals surface area contributed by atoms with Crippen LogP contribution in [0.2, 0.25) is 0 Å². The molecule has 0 aromatic heterocycles. The number of alkyl halides is 2. The van der Waals surface area contributed by atoms with E-state index >= 15 is 0 Å². The van der Waals surface area contributed by atoms with E-state index in [1.54, 1.807) is 0 Å². The number of rotatable bonds is 7. The number of nitrogens with two attached hydrogens (primary N) is 1. The van der Waals surface area contributed by atoms with Gasteiger partial charge in [-0.05, 0) is 6.07 Å². The Balaban J connectivity index is 2.41. The summed E-state index contributed by atoms with van der Waals surface area (Å²) in [6, 6.07) is 3.99. The maximum atomic E-state index is 11.7. The molecule has 0 spiro atoms. The van der Waals surface area contributed by atoms with E-state index in [1.165, 1.54) is 18.2 Å². The quantitative estimate of drug-likeness (QED) is 0.338. The molecule has 1 aromatic rings. The van der Waals surface area contributed by atoms with E-state index in [4.69, 9.17) is 5.73 Å². The van der Waals surface area contributed by atoms with Crippen LogP contribution >= 0.6 is 0 Å². The molecule has 6 nitrogen and oxygen atoms in total. The van der Waals surface area contributed by atoms with Crippen LogP contribution in [-0.4, -0.2) is 31.1 Å². The zero-order valence-corrected chi connectivity index (χ0v) is 9.44. The predicted octanol–water partition coefficient (Wildman–Crippen LogP) is 1.87. The molecule has 100 valence electrons. The van der Waals surface area contributed by atoms with Crippen molar-refractivity contribution in [3.05, 3.63) is 28.3 Å². The average molecular weight is 261 g/mol. The highest BCUT2D eigenvalue weighted by molar-refractivity contribution is 5.69. The van der Waals surface area contributed by atoms with Gasteiger partial charge in [-0.15, -0.1) is 0 Å². The van der Waals surface area contributed by atoms with Crippen molar-refractivity contribution in [2.45, 2.75) is 6.43 Å². The van der Waals surface area contributed by atoms with Gasteiger partial charge >= 0.3 is 0 Å². The van der Waals surface area contributed by atoms with E-state index < -0.39 is 18.0 Å². The SMILES string of the molecule is Nc1cc([N+](=O)[O-])ccc1NCCOCC(F)F. The molecular formula is C10H13F2N3O3. The summed E-state index contributed by atoms with van der Waals surface area (Å²) in [7, 11) is 0. The van der Waals surface area contributed by atoms with Crippen LogP contribution in [0.3, 0.4) is 0 Å². The van der Waals surface area contributed by atoms with Crippen LogP contribution in [0.1, 0.15) is 0 Å². The van der Waals surface area contributed by atoms with Crippen LogP contribution in [0.15, 0.2) is 18.2 Å². The van der Waals surface area contributed by atoms with E-state index in [0.717, 1.165) is 0 Å². The Morgan fingerprint density at radius 1 is 1.50 bits per heavy atom. The van der Waals surface area contributed by atoms with Gasteiger partial charge in [-0.1, -0.05) is 0 Å². The highest BCUT2D eigenvalue weighted by Gasteiger charge is 2.08. The predicted molar refractivity (Wildman–Crippen MR) is 62.8 cm³/mol. The normalized spacial score (nSPS) is 10.6. The number of nitro benzene ring substituents is 1. The summed E-state index contributed by atoms with van der Waals surface area (Å²) in [4.78, 5) is 9.92. The third-order valence-corrected chi connectivity index (χ3v) is 2.05. The number of hydrogen-bond donors (Lipinski definition) is 2. The first kappa shape index (κ1) is 14.1.